The normalized spacial score (nSPS) is 11.1. The van der Waals surface area contributed by atoms with Crippen molar-refractivity contribution in [1.82, 2.24) is 5.32 Å². The van der Waals surface area contributed by atoms with Gasteiger partial charge < -0.3 is 9.73 Å². The Morgan fingerprint density at radius 1 is 1.38 bits per heavy atom. The fraction of sp³-hybridized carbons (Fsp3) is 0.556. The maximum atomic E-state index is 11.7. The average Bonchev–Trinajstić information content (AvgIpc) is 2.52. The molecular weight excluding hydrogens is 176 g/mol. The van der Waals surface area contributed by atoms with Crippen LogP contribution >= 0.6 is 0 Å². The van der Waals surface area contributed by atoms with Crippen LogP contribution in [0, 0.1) is 0 Å². The van der Waals surface area contributed by atoms with Gasteiger partial charge >= 0.3 is 0 Å². The van der Waals surface area contributed by atoms with Crippen molar-refractivity contribution < 1.29 is 13.2 Å². The SMILES string of the molecule is CCc1ccc(CNCC(F)F)o1. The van der Waals surface area contributed by atoms with E-state index in [1.54, 1.807) is 6.07 Å². The first-order valence-electron chi connectivity index (χ1n) is 4.28. The zero-order valence-electron chi connectivity index (χ0n) is 7.52. The summed E-state index contributed by atoms with van der Waals surface area (Å²) in [6.45, 7) is 2.06. The number of halogens is 2. The molecule has 0 saturated heterocycles. The molecular formula is C9H13F2NO. The van der Waals surface area contributed by atoms with Crippen molar-refractivity contribution in [2.75, 3.05) is 6.54 Å². The van der Waals surface area contributed by atoms with Crippen molar-refractivity contribution >= 4 is 0 Å². The summed E-state index contributed by atoms with van der Waals surface area (Å²) >= 11 is 0. The van der Waals surface area contributed by atoms with Gasteiger partial charge in [0.1, 0.15) is 11.5 Å². The molecule has 13 heavy (non-hydrogen) atoms. The lowest BCUT2D eigenvalue weighted by atomic mass is 10.3. The van der Waals surface area contributed by atoms with Gasteiger partial charge in [-0.15, -0.1) is 0 Å². The van der Waals surface area contributed by atoms with E-state index in [9.17, 15) is 8.78 Å². The topological polar surface area (TPSA) is 25.2 Å². The lowest BCUT2D eigenvalue weighted by molar-refractivity contribution is 0.144. The molecule has 0 radical (unpaired) electrons. The number of alkyl halides is 2. The molecule has 0 aliphatic rings. The van der Waals surface area contributed by atoms with Gasteiger partial charge in [-0.3, -0.25) is 0 Å². The third kappa shape index (κ3) is 3.55. The minimum atomic E-state index is -2.30. The number of rotatable bonds is 5. The average molecular weight is 189 g/mol. The second kappa shape index (κ2) is 4.97. The van der Waals surface area contributed by atoms with Crippen molar-refractivity contribution in [1.29, 1.82) is 0 Å². The summed E-state index contributed by atoms with van der Waals surface area (Å²) in [5, 5.41) is 2.59. The zero-order valence-corrected chi connectivity index (χ0v) is 7.52. The zero-order chi connectivity index (χ0) is 9.68. The fourth-order valence-corrected chi connectivity index (χ4v) is 1.01. The van der Waals surface area contributed by atoms with Gasteiger partial charge in [0.05, 0.1) is 13.1 Å². The van der Waals surface area contributed by atoms with Gasteiger partial charge in [-0.25, -0.2) is 8.78 Å². The number of aryl methyl sites for hydroxylation is 1. The van der Waals surface area contributed by atoms with E-state index in [1.807, 2.05) is 13.0 Å². The molecule has 0 amide bonds. The third-order valence-corrected chi connectivity index (χ3v) is 1.66. The van der Waals surface area contributed by atoms with Gasteiger partial charge in [0.15, 0.2) is 0 Å². The van der Waals surface area contributed by atoms with Gasteiger partial charge in [-0.2, -0.15) is 0 Å². The Hall–Kier alpha value is -0.900. The Kier molecular flexibility index (Phi) is 3.89. The van der Waals surface area contributed by atoms with Crippen LogP contribution in [0.2, 0.25) is 0 Å². The molecule has 0 unspecified atom stereocenters. The molecule has 1 aromatic heterocycles. The molecule has 0 fully saturated rings. The summed E-state index contributed by atoms with van der Waals surface area (Å²) < 4.78 is 28.7. The summed E-state index contributed by atoms with van der Waals surface area (Å²) in [5.41, 5.74) is 0. The van der Waals surface area contributed by atoms with E-state index in [0.29, 0.717) is 12.3 Å². The van der Waals surface area contributed by atoms with Crippen LogP contribution in [-0.4, -0.2) is 13.0 Å². The molecule has 0 saturated carbocycles. The molecule has 0 aromatic carbocycles. The second-order valence-corrected chi connectivity index (χ2v) is 2.74. The molecule has 1 N–H and O–H groups in total. The van der Waals surface area contributed by atoms with Crippen molar-refractivity contribution in [2.24, 2.45) is 0 Å². The highest BCUT2D eigenvalue weighted by Gasteiger charge is 2.03. The first kappa shape index (κ1) is 10.2. The summed E-state index contributed by atoms with van der Waals surface area (Å²) in [6, 6.07) is 3.66. The van der Waals surface area contributed by atoms with E-state index in [0.717, 1.165) is 12.2 Å². The standard InChI is InChI=1S/C9H13F2NO/c1-2-7-3-4-8(13-7)5-12-6-9(10)11/h3-4,9,12H,2,5-6H2,1H3. The van der Waals surface area contributed by atoms with Crippen molar-refractivity contribution in [3.63, 3.8) is 0 Å². The molecule has 0 spiro atoms. The van der Waals surface area contributed by atoms with E-state index in [-0.39, 0.29) is 6.54 Å². The highest BCUT2D eigenvalue weighted by Crippen LogP contribution is 2.07. The maximum absolute atomic E-state index is 11.7. The fourth-order valence-electron chi connectivity index (χ4n) is 1.01. The molecule has 0 aliphatic carbocycles. The Balaban J connectivity index is 2.28. The van der Waals surface area contributed by atoms with E-state index >= 15 is 0 Å². The molecule has 0 bridgehead atoms. The Bertz CT molecular complexity index is 248. The molecule has 1 heterocycles. The van der Waals surface area contributed by atoms with Crippen LogP contribution in [-0.2, 0) is 13.0 Å². The Morgan fingerprint density at radius 2 is 2.08 bits per heavy atom. The first-order valence-corrected chi connectivity index (χ1v) is 4.28. The van der Waals surface area contributed by atoms with Gasteiger partial charge in [-0.05, 0) is 12.1 Å². The quantitative estimate of drug-likeness (QED) is 0.768. The maximum Gasteiger partial charge on any atom is 0.250 e. The molecule has 4 heteroatoms. The minimum absolute atomic E-state index is 0.290. The van der Waals surface area contributed by atoms with Crippen molar-refractivity contribution in [3.05, 3.63) is 23.7 Å². The number of hydrogen-bond acceptors (Lipinski definition) is 2. The summed E-state index contributed by atoms with van der Waals surface area (Å²) in [7, 11) is 0. The monoisotopic (exact) mass is 189 g/mol. The van der Waals surface area contributed by atoms with Gasteiger partial charge in [0.25, 0.3) is 6.43 Å². The van der Waals surface area contributed by atoms with E-state index in [1.165, 1.54) is 0 Å². The smallest absolute Gasteiger partial charge is 0.250 e. The number of furan rings is 1. The van der Waals surface area contributed by atoms with Crippen LogP contribution in [0.1, 0.15) is 18.4 Å². The Labute approximate surface area is 75.9 Å². The molecule has 0 aliphatic heterocycles. The van der Waals surface area contributed by atoms with E-state index in [4.69, 9.17) is 4.42 Å². The highest BCUT2D eigenvalue weighted by atomic mass is 19.3. The van der Waals surface area contributed by atoms with Crippen molar-refractivity contribution in [3.8, 4) is 0 Å². The van der Waals surface area contributed by atoms with Crippen molar-refractivity contribution in [2.45, 2.75) is 26.3 Å². The van der Waals surface area contributed by atoms with Gasteiger partial charge in [0, 0.05) is 6.42 Å². The van der Waals surface area contributed by atoms with Crippen LogP contribution < -0.4 is 5.32 Å². The van der Waals surface area contributed by atoms with Crippen LogP contribution in [0.15, 0.2) is 16.5 Å². The van der Waals surface area contributed by atoms with Crippen LogP contribution in [0.5, 0.6) is 0 Å². The first-order chi connectivity index (χ1) is 6.22. The summed E-state index contributed by atoms with van der Waals surface area (Å²) in [5.74, 6) is 1.59. The van der Waals surface area contributed by atoms with Gasteiger partial charge in [0.2, 0.25) is 0 Å². The predicted octanol–water partition coefficient (Wildman–Crippen LogP) is 2.20. The summed E-state index contributed by atoms with van der Waals surface area (Å²) in [6.07, 6.45) is -1.48. The number of nitrogens with one attached hydrogen (secondary N) is 1. The largest absolute Gasteiger partial charge is 0.465 e. The minimum Gasteiger partial charge on any atom is -0.465 e. The lowest BCUT2D eigenvalue weighted by Gasteiger charge is -2.00. The highest BCUT2D eigenvalue weighted by molar-refractivity contribution is 5.06. The van der Waals surface area contributed by atoms with Crippen LogP contribution in [0.3, 0.4) is 0 Å². The molecule has 74 valence electrons. The van der Waals surface area contributed by atoms with E-state index < -0.39 is 6.43 Å². The molecule has 1 aromatic rings. The Morgan fingerprint density at radius 3 is 2.62 bits per heavy atom. The molecule has 0 atom stereocenters. The number of hydrogen-bond donors (Lipinski definition) is 1. The summed E-state index contributed by atoms with van der Waals surface area (Å²) in [4.78, 5) is 0. The third-order valence-electron chi connectivity index (χ3n) is 1.66. The van der Waals surface area contributed by atoms with Crippen LogP contribution in [0.25, 0.3) is 0 Å². The van der Waals surface area contributed by atoms with Crippen LogP contribution in [0.4, 0.5) is 8.78 Å². The second-order valence-electron chi connectivity index (χ2n) is 2.74. The van der Waals surface area contributed by atoms with Gasteiger partial charge in [-0.1, -0.05) is 6.92 Å². The predicted molar refractivity (Wildman–Crippen MR) is 45.8 cm³/mol. The van der Waals surface area contributed by atoms with E-state index in [2.05, 4.69) is 5.32 Å². The molecule has 1 rings (SSSR count). The lowest BCUT2D eigenvalue weighted by Crippen LogP contribution is -2.20. The molecule has 2 nitrogen and oxygen atoms in total.